The fraction of sp³-hybridized carbons (Fsp3) is 0.417. The maximum Gasteiger partial charge on any atom is 0.108 e. The van der Waals surface area contributed by atoms with Crippen LogP contribution in [0.25, 0.3) is 0 Å². The van der Waals surface area contributed by atoms with Gasteiger partial charge in [0, 0.05) is 28.6 Å². The number of hydrogen-bond acceptors (Lipinski definition) is 2. The SMILES string of the molecule is CCc1ccc(Cn2ccnc2CC)s1. The van der Waals surface area contributed by atoms with Crippen LogP contribution in [0, 0.1) is 0 Å². The van der Waals surface area contributed by atoms with Crippen LogP contribution in [0.2, 0.25) is 0 Å². The Morgan fingerprint density at radius 2 is 2.00 bits per heavy atom. The predicted octanol–water partition coefficient (Wildman–Crippen LogP) is 3.12. The van der Waals surface area contributed by atoms with Crippen molar-refractivity contribution in [2.24, 2.45) is 0 Å². The molecule has 2 rings (SSSR count). The fourth-order valence-electron chi connectivity index (χ4n) is 1.66. The molecule has 2 nitrogen and oxygen atoms in total. The average Bonchev–Trinajstić information content (AvgIpc) is 2.87. The first-order valence-corrected chi connectivity index (χ1v) is 6.22. The number of nitrogens with zero attached hydrogens (tertiary/aromatic N) is 2. The number of rotatable bonds is 4. The summed E-state index contributed by atoms with van der Waals surface area (Å²) in [5.74, 6) is 1.17. The number of thiophene rings is 1. The number of aryl methyl sites for hydroxylation is 2. The van der Waals surface area contributed by atoms with Gasteiger partial charge in [-0.25, -0.2) is 4.98 Å². The summed E-state index contributed by atoms with van der Waals surface area (Å²) in [6.07, 6.45) is 6.07. The number of aromatic nitrogens is 2. The number of hydrogen-bond donors (Lipinski definition) is 0. The molecule has 0 amide bonds. The van der Waals surface area contributed by atoms with Crippen molar-refractivity contribution in [1.29, 1.82) is 0 Å². The third-order valence-corrected chi connectivity index (χ3v) is 3.72. The van der Waals surface area contributed by atoms with Crippen LogP contribution in [-0.2, 0) is 19.4 Å². The van der Waals surface area contributed by atoms with E-state index in [1.54, 1.807) is 0 Å². The minimum absolute atomic E-state index is 0.966. The minimum Gasteiger partial charge on any atom is -0.330 e. The van der Waals surface area contributed by atoms with Crippen LogP contribution >= 0.6 is 11.3 Å². The molecule has 0 saturated carbocycles. The lowest BCUT2D eigenvalue weighted by atomic mass is 10.3. The van der Waals surface area contributed by atoms with Crippen molar-refractivity contribution in [3.05, 3.63) is 40.1 Å². The van der Waals surface area contributed by atoms with Gasteiger partial charge in [-0.3, -0.25) is 0 Å². The standard InChI is InChI=1S/C12H16N2S/c1-3-10-5-6-11(15-10)9-14-8-7-13-12(14)4-2/h5-8H,3-4,9H2,1-2H3. The smallest absolute Gasteiger partial charge is 0.108 e. The van der Waals surface area contributed by atoms with Crippen LogP contribution in [0.1, 0.15) is 29.4 Å². The van der Waals surface area contributed by atoms with Crippen LogP contribution in [0.4, 0.5) is 0 Å². The summed E-state index contributed by atoms with van der Waals surface area (Å²) in [7, 11) is 0. The first-order chi connectivity index (χ1) is 7.33. The molecule has 0 saturated heterocycles. The van der Waals surface area contributed by atoms with E-state index in [-0.39, 0.29) is 0 Å². The van der Waals surface area contributed by atoms with Crippen LogP contribution in [0.5, 0.6) is 0 Å². The minimum atomic E-state index is 0.966. The Labute approximate surface area is 94.6 Å². The zero-order valence-corrected chi connectivity index (χ0v) is 10.0. The van der Waals surface area contributed by atoms with E-state index in [1.807, 2.05) is 17.5 Å². The predicted molar refractivity (Wildman–Crippen MR) is 64.4 cm³/mol. The summed E-state index contributed by atoms with van der Waals surface area (Å²) in [6, 6.07) is 4.45. The van der Waals surface area contributed by atoms with Gasteiger partial charge in [0.1, 0.15) is 5.82 Å². The molecule has 0 N–H and O–H groups in total. The summed E-state index contributed by atoms with van der Waals surface area (Å²) < 4.78 is 2.23. The molecule has 3 heteroatoms. The van der Waals surface area contributed by atoms with Crippen LogP contribution < -0.4 is 0 Å². The fourth-order valence-corrected chi connectivity index (χ4v) is 2.62. The van der Waals surface area contributed by atoms with Gasteiger partial charge in [0.25, 0.3) is 0 Å². The molecule has 0 aliphatic rings. The summed E-state index contributed by atoms with van der Waals surface area (Å²) in [5, 5.41) is 0. The lowest BCUT2D eigenvalue weighted by molar-refractivity contribution is 0.740. The Balaban J connectivity index is 2.14. The van der Waals surface area contributed by atoms with Crippen molar-refractivity contribution >= 4 is 11.3 Å². The maximum atomic E-state index is 4.33. The van der Waals surface area contributed by atoms with E-state index in [0.29, 0.717) is 0 Å². The molecule has 2 aromatic heterocycles. The zero-order chi connectivity index (χ0) is 10.7. The van der Waals surface area contributed by atoms with Gasteiger partial charge in [0.15, 0.2) is 0 Å². The van der Waals surface area contributed by atoms with Crippen LogP contribution in [0.3, 0.4) is 0 Å². The van der Waals surface area contributed by atoms with E-state index in [1.165, 1.54) is 15.6 Å². The molecule has 0 aromatic carbocycles. The van der Waals surface area contributed by atoms with E-state index in [0.717, 1.165) is 19.4 Å². The van der Waals surface area contributed by atoms with Gasteiger partial charge < -0.3 is 4.57 Å². The van der Waals surface area contributed by atoms with E-state index >= 15 is 0 Å². The van der Waals surface area contributed by atoms with Crippen molar-refractivity contribution in [2.45, 2.75) is 33.2 Å². The molecule has 0 fully saturated rings. The largest absolute Gasteiger partial charge is 0.330 e. The monoisotopic (exact) mass is 220 g/mol. The molecule has 0 bridgehead atoms. The van der Waals surface area contributed by atoms with Crippen molar-refractivity contribution in [3.8, 4) is 0 Å². The van der Waals surface area contributed by atoms with Crippen LogP contribution in [0.15, 0.2) is 24.5 Å². The van der Waals surface area contributed by atoms with Gasteiger partial charge in [-0.1, -0.05) is 13.8 Å². The third kappa shape index (κ3) is 2.29. The summed E-state index contributed by atoms with van der Waals surface area (Å²) in [6.45, 7) is 5.31. The molecule has 0 aliphatic carbocycles. The molecule has 0 spiro atoms. The molecule has 15 heavy (non-hydrogen) atoms. The molecule has 2 aromatic rings. The Morgan fingerprint density at radius 1 is 1.20 bits per heavy atom. The second kappa shape index (κ2) is 4.62. The van der Waals surface area contributed by atoms with Gasteiger partial charge in [0.05, 0.1) is 6.54 Å². The zero-order valence-electron chi connectivity index (χ0n) is 9.23. The van der Waals surface area contributed by atoms with Crippen molar-refractivity contribution in [3.63, 3.8) is 0 Å². The highest BCUT2D eigenvalue weighted by Crippen LogP contribution is 2.18. The van der Waals surface area contributed by atoms with Gasteiger partial charge in [-0.2, -0.15) is 0 Å². The van der Waals surface area contributed by atoms with Gasteiger partial charge in [-0.05, 0) is 18.6 Å². The Hall–Kier alpha value is -1.09. The first-order valence-electron chi connectivity index (χ1n) is 5.41. The molecule has 0 atom stereocenters. The lowest BCUT2D eigenvalue weighted by Gasteiger charge is -2.03. The van der Waals surface area contributed by atoms with E-state index in [9.17, 15) is 0 Å². The van der Waals surface area contributed by atoms with Gasteiger partial charge in [0.2, 0.25) is 0 Å². The second-order valence-electron chi connectivity index (χ2n) is 3.55. The van der Waals surface area contributed by atoms with Crippen LogP contribution in [-0.4, -0.2) is 9.55 Å². The Kier molecular flexibility index (Phi) is 3.21. The summed E-state index contributed by atoms with van der Waals surface area (Å²) >= 11 is 1.90. The second-order valence-corrected chi connectivity index (χ2v) is 4.80. The van der Waals surface area contributed by atoms with Gasteiger partial charge in [-0.15, -0.1) is 11.3 Å². The highest BCUT2D eigenvalue weighted by molar-refractivity contribution is 7.11. The van der Waals surface area contributed by atoms with Crippen molar-refractivity contribution in [2.75, 3.05) is 0 Å². The normalized spacial score (nSPS) is 10.8. The molecule has 0 unspecified atom stereocenters. The highest BCUT2D eigenvalue weighted by atomic mass is 32.1. The van der Waals surface area contributed by atoms with Gasteiger partial charge >= 0.3 is 0 Å². The van der Waals surface area contributed by atoms with Crippen molar-refractivity contribution in [1.82, 2.24) is 9.55 Å². The molecule has 0 radical (unpaired) electrons. The number of imidazole rings is 1. The molecule has 0 aliphatic heterocycles. The average molecular weight is 220 g/mol. The van der Waals surface area contributed by atoms with Crippen molar-refractivity contribution < 1.29 is 0 Å². The first kappa shape index (κ1) is 10.4. The summed E-state index contributed by atoms with van der Waals surface area (Å²) in [4.78, 5) is 7.20. The van der Waals surface area contributed by atoms with E-state index in [2.05, 4.69) is 41.7 Å². The summed E-state index contributed by atoms with van der Waals surface area (Å²) in [5.41, 5.74) is 0. The maximum absolute atomic E-state index is 4.33. The van der Waals surface area contributed by atoms with E-state index in [4.69, 9.17) is 0 Å². The van der Waals surface area contributed by atoms with E-state index < -0.39 is 0 Å². The Morgan fingerprint density at radius 3 is 2.67 bits per heavy atom. The highest BCUT2D eigenvalue weighted by Gasteiger charge is 2.03. The molecular weight excluding hydrogens is 204 g/mol. The molecule has 80 valence electrons. The lowest BCUT2D eigenvalue weighted by Crippen LogP contribution is -2.01. The third-order valence-electron chi connectivity index (χ3n) is 2.51. The quantitative estimate of drug-likeness (QED) is 0.774. The topological polar surface area (TPSA) is 17.8 Å². The molecular formula is C12H16N2S. The molecule has 2 heterocycles. The Bertz CT molecular complexity index is 428.